The van der Waals surface area contributed by atoms with Crippen LogP contribution in [0.4, 0.5) is 0 Å². The number of hydrogen-bond acceptors (Lipinski definition) is 2. The highest BCUT2D eigenvalue weighted by molar-refractivity contribution is 6.51. The minimum Gasteiger partial charge on any atom is -0.305 e. The van der Waals surface area contributed by atoms with Crippen LogP contribution in [0.3, 0.4) is 0 Å². The molecule has 0 saturated heterocycles. The van der Waals surface area contributed by atoms with Crippen molar-refractivity contribution in [3.8, 4) is 0 Å². The van der Waals surface area contributed by atoms with Crippen molar-refractivity contribution in [1.82, 2.24) is 9.97 Å². The molecule has 0 unspecified atom stereocenters. The molecule has 0 bridgehead atoms. The van der Waals surface area contributed by atoms with Gasteiger partial charge in [0.05, 0.1) is 15.9 Å². The average Bonchev–Trinajstić information content (AvgIpc) is 2.50. The van der Waals surface area contributed by atoms with E-state index in [1.165, 1.54) is 0 Å². The van der Waals surface area contributed by atoms with Gasteiger partial charge in [0.1, 0.15) is 0 Å². The number of halogens is 3. The Labute approximate surface area is 141 Å². The molecular formula is C16H9Cl3N2O. The van der Waals surface area contributed by atoms with Crippen LogP contribution in [-0.2, 0) is 0 Å². The monoisotopic (exact) mass is 350 g/mol. The van der Waals surface area contributed by atoms with Crippen LogP contribution >= 0.6 is 34.8 Å². The van der Waals surface area contributed by atoms with E-state index in [0.29, 0.717) is 26.0 Å². The Kier molecular flexibility index (Phi) is 4.21. The molecule has 6 heteroatoms. The lowest BCUT2D eigenvalue weighted by molar-refractivity contribution is 1.14. The van der Waals surface area contributed by atoms with Crippen LogP contribution in [0.15, 0.2) is 47.3 Å². The molecular weight excluding hydrogens is 343 g/mol. The maximum absolute atomic E-state index is 12.1. The topological polar surface area (TPSA) is 45.8 Å². The summed E-state index contributed by atoms with van der Waals surface area (Å²) in [6.07, 6.45) is 1.66. The lowest BCUT2D eigenvalue weighted by Crippen LogP contribution is -2.10. The maximum atomic E-state index is 12.1. The van der Waals surface area contributed by atoms with E-state index in [0.717, 1.165) is 5.56 Å². The lowest BCUT2D eigenvalue weighted by Gasteiger charge is -2.03. The summed E-state index contributed by atoms with van der Waals surface area (Å²) in [6.45, 7) is 0. The van der Waals surface area contributed by atoms with E-state index >= 15 is 0 Å². The first-order valence-electron chi connectivity index (χ1n) is 6.36. The van der Waals surface area contributed by atoms with Gasteiger partial charge in [-0.2, -0.15) is 0 Å². The molecule has 0 fully saturated rings. The number of H-pyrrole nitrogens is 1. The smallest absolute Gasteiger partial charge is 0.259 e. The maximum Gasteiger partial charge on any atom is 0.259 e. The van der Waals surface area contributed by atoms with Crippen molar-refractivity contribution in [2.24, 2.45) is 0 Å². The van der Waals surface area contributed by atoms with E-state index in [9.17, 15) is 4.79 Å². The van der Waals surface area contributed by atoms with Crippen LogP contribution in [0, 0.1) is 0 Å². The van der Waals surface area contributed by atoms with Crippen molar-refractivity contribution in [3.05, 3.63) is 74.3 Å². The van der Waals surface area contributed by atoms with Gasteiger partial charge in [-0.1, -0.05) is 53.0 Å². The Balaban J connectivity index is 2.12. The van der Waals surface area contributed by atoms with Crippen molar-refractivity contribution < 1.29 is 0 Å². The number of nitrogens with one attached hydrogen (secondary N) is 1. The highest BCUT2D eigenvalue weighted by atomic mass is 35.5. The standard InChI is InChI=1S/C16H9Cl3N2O/c17-10-5-6-14-11(8-10)16(22)21-15(20-14)13(19)7-9-3-1-2-4-12(9)18/h1-8H,(H,20,21,22)/b13-7-. The molecule has 22 heavy (non-hydrogen) atoms. The number of rotatable bonds is 2. The summed E-state index contributed by atoms with van der Waals surface area (Å²) in [5.74, 6) is 0.279. The number of aromatic nitrogens is 2. The second kappa shape index (κ2) is 6.13. The molecule has 0 aliphatic heterocycles. The summed E-state index contributed by atoms with van der Waals surface area (Å²) in [5, 5.41) is 1.75. The van der Waals surface area contributed by atoms with Gasteiger partial charge in [0.25, 0.3) is 5.56 Å². The molecule has 0 aliphatic rings. The fourth-order valence-electron chi connectivity index (χ4n) is 2.02. The number of benzene rings is 2. The zero-order valence-corrected chi connectivity index (χ0v) is 13.4. The first-order chi connectivity index (χ1) is 10.5. The second-order valence-electron chi connectivity index (χ2n) is 4.59. The third-order valence-electron chi connectivity index (χ3n) is 3.08. The molecule has 0 aliphatic carbocycles. The largest absolute Gasteiger partial charge is 0.305 e. The fraction of sp³-hybridized carbons (Fsp3) is 0. The van der Waals surface area contributed by atoms with Gasteiger partial charge in [0.2, 0.25) is 0 Å². The molecule has 0 atom stereocenters. The normalized spacial score (nSPS) is 11.9. The Bertz CT molecular complexity index is 948. The van der Waals surface area contributed by atoms with Crippen molar-refractivity contribution in [1.29, 1.82) is 0 Å². The van der Waals surface area contributed by atoms with E-state index in [4.69, 9.17) is 34.8 Å². The van der Waals surface area contributed by atoms with Crippen LogP contribution in [-0.4, -0.2) is 9.97 Å². The minimum atomic E-state index is -0.298. The summed E-state index contributed by atoms with van der Waals surface area (Å²) in [4.78, 5) is 19.1. The molecule has 1 heterocycles. The van der Waals surface area contributed by atoms with Crippen molar-refractivity contribution in [3.63, 3.8) is 0 Å². The van der Waals surface area contributed by atoms with Crippen LogP contribution in [0.5, 0.6) is 0 Å². The van der Waals surface area contributed by atoms with Crippen LogP contribution in [0.25, 0.3) is 22.0 Å². The summed E-state index contributed by atoms with van der Waals surface area (Å²) < 4.78 is 0. The predicted octanol–water partition coefficient (Wildman–Crippen LogP) is 4.97. The van der Waals surface area contributed by atoms with E-state index in [1.807, 2.05) is 18.2 Å². The summed E-state index contributed by atoms with van der Waals surface area (Å²) >= 11 is 18.2. The Hall–Kier alpha value is -1.81. The van der Waals surface area contributed by atoms with Gasteiger partial charge in [-0.3, -0.25) is 4.79 Å². The number of hydrogen-bond donors (Lipinski definition) is 1. The number of fused-ring (bicyclic) bond motifs is 1. The third-order valence-corrected chi connectivity index (χ3v) is 3.95. The van der Waals surface area contributed by atoms with Crippen LogP contribution < -0.4 is 5.56 Å². The first-order valence-corrected chi connectivity index (χ1v) is 7.49. The highest BCUT2D eigenvalue weighted by Gasteiger charge is 2.08. The predicted molar refractivity (Wildman–Crippen MR) is 92.5 cm³/mol. The molecule has 3 aromatic rings. The molecule has 3 rings (SSSR count). The van der Waals surface area contributed by atoms with Gasteiger partial charge >= 0.3 is 0 Å². The molecule has 0 spiro atoms. The van der Waals surface area contributed by atoms with E-state index in [-0.39, 0.29) is 11.4 Å². The molecule has 1 N–H and O–H groups in total. The van der Waals surface area contributed by atoms with Crippen LogP contribution in [0.1, 0.15) is 11.4 Å². The van der Waals surface area contributed by atoms with E-state index in [1.54, 1.807) is 30.3 Å². The van der Waals surface area contributed by atoms with Crippen molar-refractivity contribution in [2.75, 3.05) is 0 Å². The van der Waals surface area contributed by atoms with Crippen molar-refractivity contribution >= 4 is 56.8 Å². The molecule has 1 aromatic heterocycles. The molecule has 110 valence electrons. The average molecular weight is 352 g/mol. The fourth-order valence-corrected chi connectivity index (χ4v) is 2.59. The number of aromatic amines is 1. The van der Waals surface area contributed by atoms with Crippen LogP contribution in [0.2, 0.25) is 10.0 Å². The molecule has 2 aromatic carbocycles. The zero-order valence-electron chi connectivity index (χ0n) is 11.1. The van der Waals surface area contributed by atoms with Crippen molar-refractivity contribution in [2.45, 2.75) is 0 Å². The summed E-state index contributed by atoms with van der Waals surface area (Å²) in [6, 6.07) is 12.2. The molecule has 0 radical (unpaired) electrons. The van der Waals surface area contributed by atoms with E-state index < -0.39 is 0 Å². The van der Waals surface area contributed by atoms with Gasteiger partial charge in [0, 0.05) is 10.0 Å². The van der Waals surface area contributed by atoms with Gasteiger partial charge in [-0.05, 0) is 35.9 Å². The second-order valence-corrected chi connectivity index (χ2v) is 5.84. The Morgan fingerprint density at radius 1 is 1.14 bits per heavy atom. The SMILES string of the molecule is O=c1[nH]c(/C(Cl)=C/c2ccccc2Cl)nc2ccc(Cl)cc12. The molecule has 0 saturated carbocycles. The quantitative estimate of drug-likeness (QED) is 0.708. The van der Waals surface area contributed by atoms with Gasteiger partial charge in [-0.15, -0.1) is 0 Å². The Morgan fingerprint density at radius 2 is 1.91 bits per heavy atom. The third kappa shape index (κ3) is 3.02. The number of nitrogens with zero attached hydrogens (tertiary/aromatic N) is 1. The van der Waals surface area contributed by atoms with Gasteiger partial charge in [0.15, 0.2) is 5.82 Å². The summed E-state index contributed by atoms with van der Waals surface area (Å²) in [5.41, 5.74) is 0.968. The molecule has 0 amide bonds. The van der Waals surface area contributed by atoms with Gasteiger partial charge in [-0.25, -0.2) is 4.98 Å². The first kappa shape index (κ1) is 15.1. The lowest BCUT2D eigenvalue weighted by atomic mass is 10.2. The summed E-state index contributed by atoms with van der Waals surface area (Å²) in [7, 11) is 0. The highest BCUT2D eigenvalue weighted by Crippen LogP contribution is 2.24. The van der Waals surface area contributed by atoms with E-state index in [2.05, 4.69) is 9.97 Å². The Morgan fingerprint density at radius 3 is 2.68 bits per heavy atom. The van der Waals surface area contributed by atoms with Gasteiger partial charge < -0.3 is 4.98 Å². The molecule has 3 nitrogen and oxygen atoms in total. The minimum absolute atomic E-state index is 0.279. The zero-order chi connectivity index (χ0) is 15.7.